The molecule has 0 fully saturated rings. The fraction of sp³-hybridized carbons (Fsp3) is 0.517. The van der Waals surface area contributed by atoms with Gasteiger partial charge in [-0.2, -0.15) is 0 Å². The molecule has 6 nitrogen and oxygen atoms in total. The minimum Gasteiger partial charge on any atom is -0.462 e. The SMILES string of the molecule is CC\C=C/C=C\C=C/C=C\C=C/CCCC(=O)OCC(COC(=O)CCCCCCCC/C=C\C/C=C\C/C=C\C/C=C\CC)OC(=O)CCCCC/C=C\C/C=C\C/C=C\C/C=C\CC. The quantitative estimate of drug-likeness (QED) is 0.0199. The summed E-state index contributed by atoms with van der Waals surface area (Å²) in [5.74, 6) is -1.07. The summed E-state index contributed by atoms with van der Waals surface area (Å²) in [4.78, 5) is 38.0. The summed E-state index contributed by atoms with van der Waals surface area (Å²) in [5, 5.41) is 0. The van der Waals surface area contributed by atoms with Gasteiger partial charge in [-0.3, -0.25) is 14.4 Å². The van der Waals surface area contributed by atoms with Crippen molar-refractivity contribution in [3.8, 4) is 0 Å². The highest BCUT2D eigenvalue weighted by atomic mass is 16.6. The van der Waals surface area contributed by atoms with Crippen molar-refractivity contribution in [2.45, 2.75) is 187 Å². The fourth-order valence-electron chi connectivity index (χ4n) is 6.16. The predicted octanol–water partition coefficient (Wildman–Crippen LogP) is 17.0. The Balaban J connectivity index is 4.58. The fourth-order valence-corrected chi connectivity index (χ4v) is 6.16. The molecule has 0 aliphatic heterocycles. The highest BCUT2D eigenvalue weighted by Gasteiger charge is 2.19. The van der Waals surface area contributed by atoms with Crippen LogP contribution in [0.25, 0.3) is 0 Å². The summed E-state index contributed by atoms with van der Waals surface area (Å²) >= 11 is 0. The van der Waals surface area contributed by atoms with Gasteiger partial charge in [0.1, 0.15) is 13.2 Å². The van der Waals surface area contributed by atoms with Crippen LogP contribution in [0.15, 0.2) is 158 Å². The van der Waals surface area contributed by atoms with E-state index in [1.807, 2.05) is 54.7 Å². The first-order valence-electron chi connectivity index (χ1n) is 25.6. The van der Waals surface area contributed by atoms with E-state index in [1.54, 1.807) is 0 Å². The average molecular weight is 907 g/mol. The normalized spacial score (nSPS) is 13.4. The van der Waals surface area contributed by atoms with Gasteiger partial charge in [0.05, 0.1) is 0 Å². The average Bonchev–Trinajstić information content (AvgIpc) is 3.31. The summed E-state index contributed by atoms with van der Waals surface area (Å²) < 4.78 is 16.7. The first-order valence-corrected chi connectivity index (χ1v) is 25.6. The molecule has 0 heterocycles. The molecular weight excluding hydrogens is 817 g/mol. The maximum atomic E-state index is 12.8. The zero-order valence-electron chi connectivity index (χ0n) is 41.6. The third kappa shape index (κ3) is 50.0. The summed E-state index contributed by atoms with van der Waals surface area (Å²) in [6.07, 6.45) is 76.6. The maximum absolute atomic E-state index is 12.8. The van der Waals surface area contributed by atoms with Crippen LogP contribution >= 0.6 is 0 Å². The number of unbranched alkanes of at least 4 members (excludes halogenated alkanes) is 10. The lowest BCUT2D eigenvalue weighted by Crippen LogP contribution is -2.30. The first kappa shape index (κ1) is 61.0. The third-order valence-corrected chi connectivity index (χ3v) is 9.89. The number of esters is 3. The van der Waals surface area contributed by atoms with Gasteiger partial charge in [-0.15, -0.1) is 0 Å². The molecule has 0 aliphatic rings. The van der Waals surface area contributed by atoms with Crippen LogP contribution in [0.1, 0.15) is 181 Å². The highest BCUT2D eigenvalue weighted by molar-refractivity contribution is 5.71. The molecule has 0 aromatic rings. The second-order valence-electron chi connectivity index (χ2n) is 16.1. The number of hydrogen-bond acceptors (Lipinski definition) is 6. The van der Waals surface area contributed by atoms with Crippen LogP contribution in [0.2, 0.25) is 0 Å². The molecule has 1 unspecified atom stereocenters. The minimum atomic E-state index is -0.837. The van der Waals surface area contributed by atoms with Gasteiger partial charge in [0, 0.05) is 19.3 Å². The van der Waals surface area contributed by atoms with Crippen molar-refractivity contribution in [1.82, 2.24) is 0 Å². The van der Waals surface area contributed by atoms with E-state index in [2.05, 4.69) is 124 Å². The van der Waals surface area contributed by atoms with Crippen molar-refractivity contribution >= 4 is 17.9 Å². The van der Waals surface area contributed by atoms with Crippen LogP contribution in [0, 0.1) is 0 Å². The Morgan fingerprint density at radius 1 is 0.318 bits per heavy atom. The summed E-state index contributed by atoms with van der Waals surface area (Å²) in [6, 6.07) is 0. The second-order valence-corrected chi connectivity index (χ2v) is 16.1. The van der Waals surface area contributed by atoms with Crippen molar-refractivity contribution in [2.24, 2.45) is 0 Å². The topological polar surface area (TPSA) is 78.9 Å². The van der Waals surface area contributed by atoms with Crippen molar-refractivity contribution in [3.05, 3.63) is 158 Å². The lowest BCUT2D eigenvalue weighted by molar-refractivity contribution is -0.167. The summed E-state index contributed by atoms with van der Waals surface area (Å²) in [5.41, 5.74) is 0. The van der Waals surface area contributed by atoms with Gasteiger partial charge in [-0.25, -0.2) is 0 Å². The Kier molecular flexibility index (Phi) is 48.7. The lowest BCUT2D eigenvalue weighted by atomic mass is 10.1. The number of hydrogen-bond donors (Lipinski definition) is 0. The molecule has 366 valence electrons. The standard InChI is InChI=1S/C60H90O6/c1-4-7-10-13-16-19-22-25-27-29-30-31-33-35-38-41-44-47-50-53-59(62)65-56-57(55-64-58(61)52-49-46-43-40-37-34-24-21-18-15-12-9-6-3)66-60(63)54-51-48-45-42-39-36-32-28-26-23-20-17-14-11-8-5-2/h7-12,15-21,24-28,30-31,34,36-37,39-40,43,57H,4-6,13-14,22-23,29,32-33,35,38,41-42,44-56H2,1-3H3/b10-7-,11-8-,12-9-,18-15-,19-16-,20-17-,24-21-,27-25-,28-26-,31-30-,37-34-,39-36-,43-40-. The van der Waals surface area contributed by atoms with Crippen molar-refractivity contribution in [1.29, 1.82) is 0 Å². The molecule has 66 heavy (non-hydrogen) atoms. The second kappa shape index (κ2) is 52.7. The summed E-state index contributed by atoms with van der Waals surface area (Å²) in [7, 11) is 0. The predicted molar refractivity (Wildman–Crippen MR) is 283 cm³/mol. The van der Waals surface area contributed by atoms with Crippen molar-refractivity contribution < 1.29 is 28.6 Å². The van der Waals surface area contributed by atoms with E-state index in [9.17, 15) is 14.4 Å². The van der Waals surface area contributed by atoms with E-state index in [4.69, 9.17) is 14.2 Å². The van der Waals surface area contributed by atoms with E-state index in [0.717, 1.165) is 116 Å². The zero-order valence-corrected chi connectivity index (χ0v) is 41.6. The van der Waals surface area contributed by atoms with Gasteiger partial charge in [0.15, 0.2) is 6.10 Å². The van der Waals surface area contributed by atoms with Crippen molar-refractivity contribution in [3.63, 3.8) is 0 Å². The first-order chi connectivity index (χ1) is 32.5. The smallest absolute Gasteiger partial charge is 0.306 e. The molecule has 0 N–H and O–H groups in total. The van der Waals surface area contributed by atoms with Gasteiger partial charge in [-0.1, -0.05) is 211 Å². The lowest BCUT2D eigenvalue weighted by Gasteiger charge is -2.18. The van der Waals surface area contributed by atoms with Gasteiger partial charge >= 0.3 is 17.9 Å². The highest BCUT2D eigenvalue weighted by Crippen LogP contribution is 2.12. The van der Waals surface area contributed by atoms with Crippen molar-refractivity contribution in [2.75, 3.05) is 13.2 Å². The van der Waals surface area contributed by atoms with Crippen LogP contribution < -0.4 is 0 Å². The molecule has 0 rings (SSSR count). The Labute approximate surface area is 403 Å². The maximum Gasteiger partial charge on any atom is 0.306 e. The van der Waals surface area contributed by atoms with E-state index in [-0.39, 0.29) is 44.0 Å². The Morgan fingerprint density at radius 3 is 1.09 bits per heavy atom. The van der Waals surface area contributed by atoms with Crippen LogP contribution in [0.3, 0.4) is 0 Å². The number of ether oxygens (including phenoxy) is 3. The number of allylic oxidation sites excluding steroid dienone is 26. The van der Waals surface area contributed by atoms with E-state index < -0.39 is 6.10 Å². The molecule has 0 aromatic carbocycles. The van der Waals surface area contributed by atoms with Crippen LogP contribution in [-0.4, -0.2) is 37.2 Å². The van der Waals surface area contributed by atoms with E-state index in [1.165, 1.54) is 12.8 Å². The molecule has 0 aliphatic carbocycles. The molecule has 0 spiro atoms. The number of rotatable bonds is 43. The van der Waals surface area contributed by atoms with Crippen LogP contribution in [0.5, 0.6) is 0 Å². The molecule has 0 bridgehead atoms. The van der Waals surface area contributed by atoms with Crippen LogP contribution in [-0.2, 0) is 28.6 Å². The molecule has 0 saturated carbocycles. The largest absolute Gasteiger partial charge is 0.462 e. The third-order valence-electron chi connectivity index (χ3n) is 9.89. The van der Waals surface area contributed by atoms with Gasteiger partial charge in [0.25, 0.3) is 0 Å². The minimum absolute atomic E-state index is 0.129. The molecule has 0 radical (unpaired) electrons. The van der Waals surface area contributed by atoms with Gasteiger partial charge < -0.3 is 14.2 Å². The Bertz CT molecular complexity index is 1560. The number of carbonyl (C=O) groups excluding carboxylic acids is 3. The Morgan fingerprint density at radius 2 is 0.636 bits per heavy atom. The van der Waals surface area contributed by atoms with E-state index >= 15 is 0 Å². The molecule has 0 amide bonds. The zero-order chi connectivity index (χ0) is 47.9. The van der Waals surface area contributed by atoms with Gasteiger partial charge in [-0.05, 0) is 109 Å². The van der Waals surface area contributed by atoms with Crippen LogP contribution in [0.4, 0.5) is 0 Å². The van der Waals surface area contributed by atoms with E-state index in [0.29, 0.717) is 19.3 Å². The monoisotopic (exact) mass is 907 g/mol. The number of carbonyl (C=O) groups is 3. The van der Waals surface area contributed by atoms with Gasteiger partial charge in [0.2, 0.25) is 0 Å². The molecule has 0 saturated heterocycles. The molecule has 1 atom stereocenters. The molecule has 6 heteroatoms. The molecule has 0 aromatic heterocycles. The molecular formula is C60H90O6. The summed E-state index contributed by atoms with van der Waals surface area (Å²) in [6.45, 7) is 6.13. The Hall–Kier alpha value is -4.97.